The van der Waals surface area contributed by atoms with Crippen molar-refractivity contribution >= 4 is 11.6 Å². The molecule has 8 heteroatoms. The molecule has 0 aromatic carbocycles. The number of hydrogen-bond donors (Lipinski definition) is 1. The van der Waals surface area contributed by atoms with Crippen LogP contribution in [0.1, 0.15) is 37.2 Å². The van der Waals surface area contributed by atoms with Gasteiger partial charge in [0.25, 0.3) is 5.91 Å². The van der Waals surface area contributed by atoms with Crippen LogP contribution in [-0.4, -0.2) is 39.4 Å². The molecule has 1 rings (SSSR count). The molecule has 0 aliphatic carbocycles. The van der Waals surface area contributed by atoms with Crippen molar-refractivity contribution in [3.63, 3.8) is 0 Å². The predicted octanol–water partition coefficient (Wildman–Crippen LogP) is 2.20. The Morgan fingerprint density at radius 1 is 1.45 bits per heavy atom. The lowest BCUT2D eigenvalue weighted by Gasteiger charge is -2.31. The van der Waals surface area contributed by atoms with Gasteiger partial charge in [0.05, 0.1) is 11.9 Å². The van der Waals surface area contributed by atoms with E-state index < -0.39 is 24.7 Å². The summed E-state index contributed by atoms with van der Waals surface area (Å²) < 4.78 is 39.3. The Balaban J connectivity index is 3.13. The van der Waals surface area contributed by atoms with E-state index in [1.54, 1.807) is 13.8 Å². The third-order valence-corrected chi connectivity index (χ3v) is 3.16. The fourth-order valence-corrected chi connectivity index (χ4v) is 2.14. The van der Waals surface area contributed by atoms with Gasteiger partial charge in [0.15, 0.2) is 0 Å². The van der Waals surface area contributed by atoms with E-state index in [2.05, 4.69) is 5.10 Å². The Labute approximate surface area is 115 Å². The highest BCUT2D eigenvalue weighted by Crippen LogP contribution is 2.23. The molecule has 1 aromatic heterocycles. The number of carbonyl (C=O) groups is 1. The van der Waals surface area contributed by atoms with Gasteiger partial charge in [-0.15, -0.1) is 0 Å². The minimum Gasteiger partial charge on any atom is -0.396 e. The summed E-state index contributed by atoms with van der Waals surface area (Å²) in [6.45, 7) is 2.21. The minimum absolute atomic E-state index is 0.0128. The number of anilines is 1. The first-order chi connectivity index (χ1) is 9.21. The molecule has 0 radical (unpaired) electrons. The Hall–Kier alpha value is -1.73. The molecule has 1 amide bonds. The van der Waals surface area contributed by atoms with Gasteiger partial charge in [0.2, 0.25) is 0 Å². The van der Waals surface area contributed by atoms with Crippen molar-refractivity contribution in [3.8, 4) is 0 Å². The molecule has 0 fully saturated rings. The summed E-state index contributed by atoms with van der Waals surface area (Å²) in [5.74, 6) is -0.742. The van der Waals surface area contributed by atoms with Crippen molar-refractivity contribution in [3.05, 3.63) is 11.9 Å². The van der Waals surface area contributed by atoms with Crippen LogP contribution in [0.4, 0.5) is 18.9 Å². The Bertz CT molecular complexity index is 446. The zero-order valence-corrected chi connectivity index (χ0v) is 11.7. The first kappa shape index (κ1) is 16.3. The normalized spacial score (nSPS) is 11.9. The Morgan fingerprint density at radius 3 is 2.35 bits per heavy atom. The topological polar surface area (TPSA) is 64.2 Å². The van der Waals surface area contributed by atoms with Crippen LogP contribution < -0.4 is 5.73 Å². The average molecular weight is 292 g/mol. The first-order valence-corrected chi connectivity index (χ1v) is 6.36. The van der Waals surface area contributed by atoms with Gasteiger partial charge in [0.1, 0.15) is 12.2 Å². The molecule has 0 saturated carbocycles. The van der Waals surface area contributed by atoms with Crippen LogP contribution >= 0.6 is 0 Å². The summed E-state index contributed by atoms with van der Waals surface area (Å²) in [5, 5.41) is 3.79. The van der Waals surface area contributed by atoms with E-state index in [1.807, 2.05) is 0 Å². The number of nitrogens with two attached hydrogens (primary N) is 1. The maximum Gasteiger partial charge on any atom is 0.406 e. The van der Waals surface area contributed by atoms with Crippen LogP contribution in [0.15, 0.2) is 6.20 Å². The second kappa shape index (κ2) is 6.15. The summed E-state index contributed by atoms with van der Waals surface area (Å²) in [6.07, 6.45) is -2.32. The van der Waals surface area contributed by atoms with E-state index in [0.717, 1.165) is 4.90 Å². The van der Waals surface area contributed by atoms with E-state index in [9.17, 15) is 18.0 Å². The highest BCUT2D eigenvalue weighted by Gasteiger charge is 2.37. The summed E-state index contributed by atoms with van der Waals surface area (Å²) in [4.78, 5) is 13.2. The molecule has 0 atom stereocenters. The lowest BCUT2D eigenvalue weighted by molar-refractivity contribution is -0.145. The molecule has 20 heavy (non-hydrogen) atoms. The number of carbonyl (C=O) groups excluding carboxylic acids is 1. The fraction of sp³-hybridized carbons (Fsp3) is 0.667. The Kier molecular flexibility index (Phi) is 5.02. The molecule has 0 saturated heterocycles. The van der Waals surface area contributed by atoms with E-state index in [-0.39, 0.29) is 11.4 Å². The zero-order valence-electron chi connectivity index (χ0n) is 11.7. The number of aromatic nitrogens is 2. The molecule has 1 aromatic rings. The number of alkyl halides is 3. The molecule has 2 N–H and O–H groups in total. The third-order valence-electron chi connectivity index (χ3n) is 3.16. The van der Waals surface area contributed by atoms with Crippen molar-refractivity contribution in [2.24, 2.45) is 7.05 Å². The van der Waals surface area contributed by atoms with Crippen LogP contribution in [0.3, 0.4) is 0 Å². The minimum atomic E-state index is -4.45. The van der Waals surface area contributed by atoms with E-state index in [1.165, 1.54) is 17.9 Å². The number of amides is 1. The second-order valence-corrected chi connectivity index (χ2v) is 4.59. The molecule has 5 nitrogen and oxygen atoms in total. The van der Waals surface area contributed by atoms with Gasteiger partial charge in [-0.25, -0.2) is 0 Å². The quantitative estimate of drug-likeness (QED) is 0.904. The smallest absolute Gasteiger partial charge is 0.396 e. The Morgan fingerprint density at radius 2 is 2.00 bits per heavy atom. The van der Waals surface area contributed by atoms with Gasteiger partial charge >= 0.3 is 6.18 Å². The fourth-order valence-electron chi connectivity index (χ4n) is 2.14. The van der Waals surface area contributed by atoms with Gasteiger partial charge < -0.3 is 10.6 Å². The molecule has 1 heterocycles. The van der Waals surface area contributed by atoms with Crippen molar-refractivity contribution in [2.45, 2.75) is 38.9 Å². The van der Waals surface area contributed by atoms with Gasteiger partial charge in [-0.1, -0.05) is 13.8 Å². The first-order valence-electron chi connectivity index (χ1n) is 6.36. The van der Waals surface area contributed by atoms with Gasteiger partial charge in [0, 0.05) is 13.1 Å². The van der Waals surface area contributed by atoms with Crippen molar-refractivity contribution in [1.82, 2.24) is 14.7 Å². The number of aryl methyl sites for hydroxylation is 1. The lowest BCUT2D eigenvalue weighted by atomic mass is 10.1. The van der Waals surface area contributed by atoms with Crippen LogP contribution in [0, 0.1) is 0 Å². The number of nitrogens with zero attached hydrogens (tertiary/aromatic N) is 3. The molecular weight excluding hydrogens is 273 g/mol. The molecule has 114 valence electrons. The van der Waals surface area contributed by atoms with Crippen LogP contribution in [0.2, 0.25) is 0 Å². The summed E-state index contributed by atoms with van der Waals surface area (Å²) in [7, 11) is 1.47. The molecule has 0 aliphatic rings. The number of halogens is 3. The highest BCUT2D eigenvalue weighted by atomic mass is 19.4. The zero-order chi connectivity index (χ0) is 15.5. The summed E-state index contributed by atoms with van der Waals surface area (Å²) in [5.41, 5.74) is 5.68. The average Bonchev–Trinajstić information content (AvgIpc) is 2.67. The molecule has 0 aliphatic heterocycles. The SMILES string of the molecule is CCC(CC)N(CC(F)(F)F)C(=O)c1c(N)cnn1C. The van der Waals surface area contributed by atoms with Crippen LogP contribution in [0.5, 0.6) is 0 Å². The van der Waals surface area contributed by atoms with Gasteiger partial charge in [-0.05, 0) is 12.8 Å². The second-order valence-electron chi connectivity index (χ2n) is 4.59. The standard InChI is InChI=1S/C12H19F3N4O/c1-4-8(5-2)19(7-12(13,14)15)11(20)10-9(16)6-17-18(10)3/h6,8H,4-5,7,16H2,1-3H3. The number of hydrogen-bond acceptors (Lipinski definition) is 3. The van der Waals surface area contributed by atoms with Crippen LogP contribution in [-0.2, 0) is 7.05 Å². The number of nitrogen functional groups attached to an aromatic ring is 1. The third kappa shape index (κ3) is 3.64. The maximum atomic E-state index is 12.7. The summed E-state index contributed by atoms with van der Waals surface area (Å²) >= 11 is 0. The van der Waals surface area contributed by atoms with Crippen molar-refractivity contribution in [1.29, 1.82) is 0 Å². The largest absolute Gasteiger partial charge is 0.406 e. The van der Waals surface area contributed by atoms with E-state index >= 15 is 0 Å². The van der Waals surface area contributed by atoms with E-state index in [0.29, 0.717) is 12.8 Å². The van der Waals surface area contributed by atoms with Crippen LogP contribution in [0.25, 0.3) is 0 Å². The molecule has 0 bridgehead atoms. The summed E-state index contributed by atoms with van der Waals surface area (Å²) in [6, 6.07) is -0.488. The van der Waals surface area contributed by atoms with Crippen molar-refractivity contribution in [2.75, 3.05) is 12.3 Å². The highest BCUT2D eigenvalue weighted by molar-refractivity contribution is 5.97. The van der Waals surface area contributed by atoms with Gasteiger partial charge in [-0.3, -0.25) is 9.48 Å². The lowest BCUT2D eigenvalue weighted by Crippen LogP contribution is -2.46. The van der Waals surface area contributed by atoms with Gasteiger partial charge in [-0.2, -0.15) is 18.3 Å². The van der Waals surface area contributed by atoms with E-state index in [4.69, 9.17) is 5.73 Å². The predicted molar refractivity (Wildman–Crippen MR) is 69.1 cm³/mol. The molecule has 0 unspecified atom stereocenters. The molecular formula is C12H19F3N4O. The molecule has 0 spiro atoms. The van der Waals surface area contributed by atoms with Crippen molar-refractivity contribution < 1.29 is 18.0 Å². The number of rotatable bonds is 5. The monoisotopic (exact) mass is 292 g/mol. The maximum absolute atomic E-state index is 12.7.